The number of nitrogens with one attached hydrogen (secondary N) is 1. The molecule has 5 nitrogen and oxygen atoms in total. The molecule has 1 aromatic carbocycles. The van der Waals surface area contributed by atoms with Crippen LogP contribution in [0.5, 0.6) is 5.75 Å². The number of rotatable bonds is 4. The molecule has 1 amide bonds. The summed E-state index contributed by atoms with van der Waals surface area (Å²) in [4.78, 5) is 25.4. The fourth-order valence-corrected chi connectivity index (χ4v) is 3.24. The Morgan fingerprint density at radius 2 is 2.13 bits per heavy atom. The number of fused-ring (bicyclic) bond motifs is 1. The molecule has 1 atom stereocenters. The van der Waals surface area contributed by atoms with Gasteiger partial charge in [0.15, 0.2) is 6.61 Å². The van der Waals surface area contributed by atoms with Crippen molar-refractivity contribution >= 4 is 23.2 Å². The van der Waals surface area contributed by atoms with Gasteiger partial charge < -0.3 is 14.8 Å². The first kappa shape index (κ1) is 15.6. The minimum Gasteiger partial charge on any atom is -0.493 e. The smallest absolute Gasteiger partial charge is 0.348 e. The molecular weight excluding hydrogens is 314 g/mol. The number of ether oxygens (including phenoxy) is 2. The van der Waals surface area contributed by atoms with Gasteiger partial charge in [-0.1, -0.05) is 18.2 Å². The van der Waals surface area contributed by atoms with E-state index in [0.717, 1.165) is 16.2 Å². The van der Waals surface area contributed by atoms with Crippen LogP contribution in [-0.4, -0.2) is 25.1 Å². The molecule has 23 heavy (non-hydrogen) atoms. The van der Waals surface area contributed by atoms with Gasteiger partial charge in [0.05, 0.1) is 12.6 Å². The van der Waals surface area contributed by atoms with Crippen LogP contribution in [0, 0.1) is 6.92 Å². The van der Waals surface area contributed by atoms with Crippen LogP contribution >= 0.6 is 11.3 Å². The molecule has 0 bridgehead atoms. The predicted molar refractivity (Wildman–Crippen MR) is 86.8 cm³/mol. The maximum Gasteiger partial charge on any atom is 0.348 e. The van der Waals surface area contributed by atoms with Crippen LogP contribution in [0.2, 0.25) is 0 Å². The van der Waals surface area contributed by atoms with Gasteiger partial charge >= 0.3 is 5.97 Å². The maximum atomic E-state index is 12.0. The van der Waals surface area contributed by atoms with Crippen LogP contribution in [0.1, 0.15) is 32.6 Å². The van der Waals surface area contributed by atoms with E-state index in [4.69, 9.17) is 9.47 Å². The number of aryl methyl sites for hydroxylation is 1. The number of esters is 1. The predicted octanol–water partition coefficient (Wildman–Crippen LogP) is 2.85. The molecule has 3 rings (SSSR count). The Labute approximate surface area is 138 Å². The summed E-state index contributed by atoms with van der Waals surface area (Å²) in [5.41, 5.74) is 0.951. The van der Waals surface area contributed by atoms with Crippen molar-refractivity contribution in [3.63, 3.8) is 0 Å². The normalized spacial score (nSPS) is 16.1. The fraction of sp³-hybridized carbons (Fsp3) is 0.294. The average molecular weight is 331 g/mol. The lowest BCUT2D eigenvalue weighted by atomic mass is 10.0. The highest BCUT2D eigenvalue weighted by Crippen LogP contribution is 2.31. The van der Waals surface area contributed by atoms with E-state index in [2.05, 4.69) is 5.32 Å². The largest absolute Gasteiger partial charge is 0.493 e. The van der Waals surface area contributed by atoms with E-state index < -0.39 is 5.97 Å². The molecule has 0 aliphatic carbocycles. The van der Waals surface area contributed by atoms with Crippen LogP contribution in [0.3, 0.4) is 0 Å². The lowest BCUT2D eigenvalue weighted by molar-refractivity contribution is -0.125. The van der Waals surface area contributed by atoms with E-state index >= 15 is 0 Å². The minimum absolute atomic E-state index is 0.116. The molecule has 0 saturated heterocycles. The summed E-state index contributed by atoms with van der Waals surface area (Å²) in [6, 6.07) is 11.1. The summed E-state index contributed by atoms with van der Waals surface area (Å²) < 4.78 is 10.6. The number of carbonyl (C=O) groups excluding carboxylic acids is 2. The van der Waals surface area contributed by atoms with Crippen LogP contribution in [0.15, 0.2) is 36.4 Å². The molecule has 1 aliphatic heterocycles. The minimum atomic E-state index is -0.467. The number of benzene rings is 1. The van der Waals surface area contributed by atoms with E-state index in [0.29, 0.717) is 17.9 Å². The molecule has 1 unspecified atom stereocenters. The zero-order chi connectivity index (χ0) is 16.2. The van der Waals surface area contributed by atoms with Crippen molar-refractivity contribution in [2.75, 3.05) is 13.2 Å². The molecular formula is C17H17NO4S. The van der Waals surface area contributed by atoms with Crippen LogP contribution in [-0.2, 0) is 9.53 Å². The summed E-state index contributed by atoms with van der Waals surface area (Å²) in [5, 5.41) is 2.89. The van der Waals surface area contributed by atoms with Gasteiger partial charge in [0.2, 0.25) is 0 Å². The van der Waals surface area contributed by atoms with E-state index in [1.807, 2.05) is 37.3 Å². The summed E-state index contributed by atoms with van der Waals surface area (Å²) in [6.45, 7) is 2.18. The maximum absolute atomic E-state index is 12.0. The molecule has 1 N–H and O–H groups in total. The summed E-state index contributed by atoms with van der Waals surface area (Å²) >= 11 is 1.35. The quantitative estimate of drug-likeness (QED) is 0.875. The third-order valence-electron chi connectivity index (χ3n) is 3.57. The first-order chi connectivity index (χ1) is 11.1. The van der Waals surface area contributed by atoms with Crippen molar-refractivity contribution in [1.82, 2.24) is 5.32 Å². The summed E-state index contributed by atoms with van der Waals surface area (Å²) in [7, 11) is 0. The van der Waals surface area contributed by atoms with Crippen molar-refractivity contribution in [3.8, 4) is 5.75 Å². The Kier molecular flexibility index (Phi) is 4.62. The third kappa shape index (κ3) is 3.71. The SMILES string of the molecule is Cc1ccc(C(=O)OCC(=O)NC2CCOc3ccccc32)s1. The zero-order valence-electron chi connectivity index (χ0n) is 12.7. The van der Waals surface area contributed by atoms with Gasteiger partial charge in [0.1, 0.15) is 10.6 Å². The molecule has 120 valence electrons. The number of carbonyl (C=O) groups is 2. The van der Waals surface area contributed by atoms with Gasteiger partial charge in [-0.3, -0.25) is 4.79 Å². The number of thiophene rings is 1. The molecule has 2 aromatic rings. The zero-order valence-corrected chi connectivity index (χ0v) is 13.5. The summed E-state index contributed by atoms with van der Waals surface area (Å²) in [6.07, 6.45) is 0.695. The highest BCUT2D eigenvalue weighted by atomic mass is 32.1. The molecule has 2 heterocycles. The Hall–Kier alpha value is -2.34. The number of hydrogen-bond acceptors (Lipinski definition) is 5. The van der Waals surface area contributed by atoms with E-state index in [1.165, 1.54) is 11.3 Å². The fourth-order valence-electron chi connectivity index (χ4n) is 2.47. The Bertz CT molecular complexity index is 725. The van der Waals surface area contributed by atoms with Gasteiger partial charge in [-0.2, -0.15) is 0 Å². The second-order valence-electron chi connectivity index (χ2n) is 5.28. The number of para-hydroxylation sites is 1. The molecule has 6 heteroatoms. The molecule has 1 aromatic heterocycles. The monoisotopic (exact) mass is 331 g/mol. The molecule has 0 spiro atoms. The lowest BCUT2D eigenvalue weighted by Crippen LogP contribution is -2.35. The Morgan fingerprint density at radius 3 is 2.91 bits per heavy atom. The number of amides is 1. The molecule has 1 aliphatic rings. The van der Waals surface area contributed by atoms with Gasteiger partial charge in [-0.25, -0.2) is 4.79 Å². The lowest BCUT2D eigenvalue weighted by Gasteiger charge is -2.26. The van der Waals surface area contributed by atoms with E-state index in [9.17, 15) is 9.59 Å². The van der Waals surface area contributed by atoms with Crippen LogP contribution in [0.4, 0.5) is 0 Å². The van der Waals surface area contributed by atoms with Crippen molar-refractivity contribution in [1.29, 1.82) is 0 Å². The first-order valence-corrected chi connectivity index (χ1v) is 8.20. The molecule has 0 saturated carbocycles. The number of hydrogen-bond donors (Lipinski definition) is 1. The van der Waals surface area contributed by atoms with Gasteiger partial charge in [0.25, 0.3) is 5.91 Å². The van der Waals surface area contributed by atoms with E-state index in [-0.39, 0.29) is 18.6 Å². The highest BCUT2D eigenvalue weighted by molar-refractivity contribution is 7.13. The first-order valence-electron chi connectivity index (χ1n) is 7.38. The molecule has 0 fully saturated rings. The highest BCUT2D eigenvalue weighted by Gasteiger charge is 2.23. The van der Waals surface area contributed by atoms with Crippen molar-refractivity contribution < 1.29 is 19.1 Å². The third-order valence-corrected chi connectivity index (χ3v) is 4.55. The van der Waals surface area contributed by atoms with Crippen molar-refractivity contribution in [2.24, 2.45) is 0 Å². The Morgan fingerprint density at radius 1 is 1.30 bits per heavy atom. The second-order valence-corrected chi connectivity index (χ2v) is 6.57. The standard InChI is InChI=1S/C17H17NO4S/c1-11-6-7-15(23-11)17(20)22-10-16(19)18-13-8-9-21-14-5-3-2-4-12(13)14/h2-7,13H,8-10H2,1H3,(H,18,19). The van der Waals surface area contributed by atoms with Crippen molar-refractivity contribution in [2.45, 2.75) is 19.4 Å². The second kappa shape index (κ2) is 6.83. The molecule has 0 radical (unpaired) electrons. The van der Waals surface area contributed by atoms with Gasteiger partial charge in [0, 0.05) is 16.9 Å². The van der Waals surface area contributed by atoms with Gasteiger partial charge in [-0.05, 0) is 25.1 Å². The van der Waals surface area contributed by atoms with E-state index in [1.54, 1.807) is 6.07 Å². The van der Waals surface area contributed by atoms with Gasteiger partial charge in [-0.15, -0.1) is 11.3 Å². The van der Waals surface area contributed by atoms with Crippen LogP contribution < -0.4 is 10.1 Å². The summed E-state index contributed by atoms with van der Waals surface area (Å²) in [5.74, 6) is 0.00839. The van der Waals surface area contributed by atoms with Crippen LogP contribution in [0.25, 0.3) is 0 Å². The average Bonchev–Trinajstić information content (AvgIpc) is 2.99. The Balaban J connectivity index is 1.55. The van der Waals surface area contributed by atoms with Crippen molar-refractivity contribution in [3.05, 3.63) is 51.7 Å². The topological polar surface area (TPSA) is 64.6 Å².